The van der Waals surface area contributed by atoms with Crippen LogP contribution in [0.15, 0.2) is 206 Å². The first-order valence-corrected chi connectivity index (χ1v) is 21.3. The Kier molecular flexibility index (Phi) is 10.1. The Bertz CT molecular complexity index is 2760. The Morgan fingerprint density at radius 3 is 1.10 bits per heavy atom. The van der Waals surface area contributed by atoms with Crippen LogP contribution in [0.4, 0.5) is 34.1 Å². The van der Waals surface area contributed by atoms with Crippen molar-refractivity contribution in [1.82, 2.24) is 4.57 Å². The lowest BCUT2D eigenvalue weighted by atomic mass is 9.91. The zero-order chi connectivity index (χ0) is 39.5. The van der Waals surface area contributed by atoms with Gasteiger partial charge in [-0.15, -0.1) is 0 Å². The molecule has 10 rings (SSSR count). The predicted octanol–water partition coefficient (Wildman–Crippen LogP) is 15.7. The number of benzene rings is 9. The first-order chi connectivity index (χ1) is 29.3. The molecule has 0 fully saturated rings. The van der Waals surface area contributed by atoms with E-state index in [1.807, 2.05) is 0 Å². The molecule has 0 amide bonds. The minimum absolute atomic E-state index is 0.931. The van der Waals surface area contributed by atoms with E-state index in [1.54, 1.807) is 0 Å². The van der Waals surface area contributed by atoms with Crippen molar-refractivity contribution < 1.29 is 0 Å². The van der Waals surface area contributed by atoms with Crippen molar-refractivity contribution in [1.29, 1.82) is 0 Å². The highest BCUT2D eigenvalue weighted by Crippen LogP contribution is 2.45. The number of hydrogen-bond acceptors (Lipinski definition) is 3. The number of hydrogen-bond donors (Lipinski definition) is 1. The maximum absolute atomic E-state index is 4.51. The number of nitrogens with zero attached hydrogens (tertiary/aromatic N) is 3. The van der Waals surface area contributed by atoms with Crippen LogP contribution in [0.5, 0.6) is 0 Å². The average molecular weight is 780 g/mol. The van der Waals surface area contributed by atoms with Gasteiger partial charge >= 0.3 is 0 Å². The minimum Gasteiger partial charge on any atom is -0.310 e. The van der Waals surface area contributed by atoms with Gasteiger partial charge in [0.15, 0.2) is 0 Å². The van der Waals surface area contributed by atoms with E-state index in [2.05, 4.69) is 233 Å². The van der Waals surface area contributed by atoms with E-state index in [-0.39, 0.29) is 0 Å². The average Bonchev–Trinajstić information content (AvgIpc) is 3.61. The highest BCUT2D eigenvalue weighted by Gasteiger charge is 2.23. The molecule has 0 unspecified atom stereocenters. The van der Waals surface area contributed by atoms with Gasteiger partial charge in [-0.05, 0) is 126 Å². The summed E-state index contributed by atoms with van der Waals surface area (Å²) in [6.07, 6.45) is 4.50. The van der Waals surface area contributed by atoms with Crippen molar-refractivity contribution in [3.05, 3.63) is 212 Å². The molecule has 4 heteroatoms. The molecular weight excluding hydrogens is 735 g/mol. The number of aromatic nitrogens is 1. The molecule has 0 radical (unpaired) electrons. The molecule has 59 heavy (non-hydrogen) atoms. The van der Waals surface area contributed by atoms with Crippen LogP contribution in [0.2, 0.25) is 0 Å². The van der Waals surface area contributed by atoms with Crippen molar-refractivity contribution in [3.8, 4) is 5.69 Å². The van der Waals surface area contributed by atoms with E-state index in [9.17, 15) is 0 Å². The Morgan fingerprint density at radius 1 is 0.339 bits per heavy atom. The van der Waals surface area contributed by atoms with E-state index in [1.165, 1.54) is 61.0 Å². The summed E-state index contributed by atoms with van der Waals surface area (Å²) in [6.45, 7) is 0. The van der Waals surface area contributed by atoms with Gasteiger partial charge in [0.25, 0.3) is 0 Å². The number of aryl methyl sites for hydroxylation is 1. The second-order valence-corrected chi connectivity index (χ2v) is 15.7. The van der Waals surface area contributed by atoms with Gasteiger partial charge in [0.1, 0.15) is 0 Å². The van der Waals surface area contributed by atoms with E-state index < -0.39 is 0 Å². The Hall–Kier alpha value is -6.75. The lowest BCUT2D eigenvalue weighted by Gasteiger charge is -2.26. The molecule has 10 aromatic rings. The molecule has 1 aromatic heterocycles. The Morgan fingerprint density at radius 2 is 0.712 bits per heavy atom. The van der Waals surface area contributed by atoms with Gasteiger partial charge in [-0.25, -0.2) is 0 Å². The molecule has 0 N–H and O–H groups in total. The zero-order valence-electron chi connectivity index (χ0n) is 33.0. The number of rotatable bonds is 12. The molecule has 0 saturated carbocycles. The van der Waals surface area contributed by atoms with Crippen LogP contribution in [-0.4, -0.2) is 10.3 Å². The van der Waals surface area contributed by atoms with Crippen molar-refractivity contribution in [3.63, 3.8) is 0 Å². The van der Waals surface area contributed by atoms with Gasteiger partial charge in [0, 0.05) is 55.7 Å². The van der Waals surface area contributed by atoms with Crippen molar-refractivity contribution in [2.75, 3.05) is 15.6 Å². The van der Waals surface area contributed by atoms with Crippen LogP contribution in [-0.2, 0) is 6.42 Å². The number of fused-ring (bicyclic) bond motifs is 5. The van der Waals surface area contributed by atoms with Crippen molar-refractivity contribution >= 4 is 90.1 Å². The molecular formula is C55H45N3S. The summed E-state index contributed by atoms with van der Waals surface area (Å²) < 4.78 is 2.54. The van der Waals surface area contributed by atoms with E-state index >= 15 is 0 Å². The largest absolute Gasteiger partial charge is 0.310 e. The van der Waals surface area contributed by atoms with Gasteiger partial charge in [-0.2, -0.15) is 12.6 Å². The smallest absolute Gasteiger partial charge is 0.0619 e. The molecule has 286 valence electrons. The number of anilines is 6. The summed E-state index contributed by atoms with van der Waals surface area (Å²) >= 11 is 4.51. The summed E-state index contributed by atoms with van der Waals surface area (Å²) in [5.74, 6) is 0.931. The lowest BCUT2D eigenvalue weighted by molar-refractivity contribution is 0.727. The van der Waals surface area contributed by atoms with E-state index in [0.29, 0.717) is 0 Å². The fourth-order valence-electron chi connectivity index (χ4n) is 9.02. The molecule has 0 saturated heterocycles. The Balaban J connectivity index is 1.28. The fourth-order valence-corrected chi connectivity index (χ4v) is 9.24. The van der Waals surface area contributed by atoms with Crippen LogP contribution in [0.1, 0.15) is 24.8 Å². The number of para-hydroxylation sites is 4. The summed E-state index contributed by atoms with van der Waals surface area (Å²) in [5, 5.41) is 7.59. The topological polar surface area (TPSA) is 11.4 Å². The lowest BCUT2D eigenvalue weighted by Crippen LogP contribution is -2.09. The molecule has 0 aliphatic rings. The third kappa shape index (κ3) is 6.80. The highest BCUT2D eigenvalue weighted by atomic mass is 32.1. The first-order valence-electron chi connectivity index (χ1n) is 20.7. The molecule has 0 aliphatic carbocycles. The summed E-state index contributed by atoms with van der Waals surface area (Å²) in [7, 11) is 0. The van der Waals surface area contributed by atoms with Crippen LogP contribution >= 0.6 is 12.6 Å². The van der Waals surface area contributed by atoms with Gasteiger partial charge in [0.2, 0.25) is 0 Å². The van der Waals surface area contributed by atoms with Gasteiger partial charge in [-0.1, -0.05) is 128 Å². The standard InChI is InChI=1S/C55H45N3S/c59-37-19-5-14-28-46-47-29-15-17-31-49(47)55(50-32-18-16-30-48(46)50)58-53-35-33-44(56(40-20-6-1-7-21-40)41-22-8-2-9-23-41)38-51(53)52-39-45(34-36-54(52)58)57(42-24-10-3-11-25-42)43-26-12-4-13-27-43/h1-4,6-13,15-18,20-27,29-36,38-39,59H,5,14,19,28,37H2. The minimum atomic E-state index is 0.931. The monoisotopic (exact) mass is 779 g/mol. The predicted molar refractivity (Wildman–Crippen MR) is 257 cm³/mol. The van der Waals surface area contributed by atoms with Crippen LogP contribution in [0.25, 0.3) is 49.0 Å². The quantitative estimate of drug-likeness (QED) is 0.0753. The molecule has 0 atom stereocenters. The van der Waals surface area contributed by atoms with E-state index in [0.717, 1.165) is 59.1 Å². The van der Waals surface area contributed by atoms with Gasteiger partial charge < -0.3 is 14.4 Å². The molecule has 1 heterocycles. The molecule has 3 nitrogen and oxygen atoms in total. The molecule has 9 aromatic carbocycles. The molecule has 0 aliphatic heterocycles. The highest BCUT2D eigenvalue weighted by molar-refractivity contribution is 7.80. The van der Waals surface area contributed by atoms with Crippen molar-refractivity contribution in [2.45, 2.75) is 25.7 Å². The van der Waals surface area contributed by atoms with Crippen LogP contribution < -0.4 is 9.80 Å². The van der Waals surface area contributed by atoms with Gasteiger partial charge in [0.05, 0.1) is 16.7 Å². The van der Waals surface area contributed by atoms with E-state index in [4.69, 9.17) is 0 Å². The zero-order valence-corrected chi connectivity index (χ0v) is 33.8. The third-order valence-corrected chi connectivity index (χ3v) is 11.9. The number of unbranched alkanes of at least 4 members (excludes halogenated alkanes) is 2. The van der Waals surface area contributed by atoms with Gasteiger partial charge in [-0.3, -0.25) is 0 Å². The maximum Gasteiger partial charge on any atom is 0.0619 e. The number of thiol groups is 1. The fraction of sp³-hybridized carbons (Fsp3) is 0.0909. The second kappa shape index (κ2) is 16.2. The maximum atomic E-state index is 4.51. The Labute approximate surface area is 351 Å². The van der Waals surface area contributed by atoms with Crippen molar-refractivity contribution in [2.24, 2.45) is 0 Å². The SMILES string of the molecule is SCCCCCc1c2ccccc2c(-n2c3ccc(N(c4ccccc4)c4ccccc4)cc3c3cc(N(c4ccccc4)c4ccccc4)ccc32)c2ccccc12. The third-order valence-electron chi connectivity index (χ3n) is 11.6. The molecule has 0 bridgehead atoms. The summed E-state index contributed by atoms with van der Waals surface area (Å²) in [5.41, 5.74) is 11.7. The normalized spacial score (nSPS) is 11.5. The van der Waals surface area contributed by atoms with Crippen LogP contribution in [0.3, 0.4) is 0 Å². The summed E-state index contributed by atoms with van der Waals surface area (Å²) in [4.78, 5) is 4.72. The van der Waals surface area contributed by atoms with Crippen LogP contribution in [0, 0.1) is 0 Å². The molecule has 0 spiro atoms. The first kappa shape index (κ1) is 36.6. The second-order valence-electron chi connectivity index (χ2n) is 15.2. The summed E-state index contributed by atoms with van der Waals surface area (Å²) in [6, 6.07) is 74.9.